The van der Waals surface area contributed by atoms with Gasteiger partial charge in [0.05, 0.1) is 0 Å². The molecule has 0 fully saturated rings. The zero-order chi connectivity index (χ0) is 8.20. The first-order valence-electron chi connectivity index (χ1n) is 3.96. The lowest BCUT2D eigenvalue weighted by atomic mass is 10.0. The van der Waals surface area contributed by atoms with E-state index < -0.39 is 0 Å². The van der Waals surface area contributed by atoms with Crippen LogP contribution in [-0.4, -0.2) is 30.6 Å². The van der Waals surface area contributed by atoms with Gasteiger partial charge in [0, 0.05) is 18.6 Å². The highest BCUT2D eigenvalue weighted by Gasteiger charge is 2.19. The van der Waals surface area contributed by atoms with Gasteiger partial charge in [0.1, 0.15) is 0 Å². The quantitative estimate of drug-likeness (QED) is 0.639. The van der Waals surface area contributed by atoms with Gasteiger partial charge in [-0.2, -0.15) is 0 Å². The lowest BCUT2D eigenvalue weighted by molar-refractivity contribution is 0.156. The van der Waals surface area contributed by atoms with Gasteiger partial charge in [0.2, 0.25) is 0 Å². The van der Waals surface area contributed by atoms with Gasteiger partial charge < -0.3 is 10.6 Å². The molecule has 0 aromatic heterocycles. The van der Waals surface area contributed by atoms with Crippen molar-refractivity contribution in [1.29, 1.82) is 0 Å². The first-order valence-corrected chi connectivity index (χ1v) is 3.96. The molecular weight excluding hydrogens is 124 g/mol. The predicted molar refractivity (Wildman–Crippen MR) is 46.1 cm³/mol. The fraction of sp³-hybridized carbons (Fsp3) is 1.00. The van der Waals surface area contributed by atoms with Gasteiger partial charge in [-0.1, -0.05) is 6.92 Å². The second-order valence-electron chi connectivity index (χ2n) is 3.38. The Hall–Kier alpha value is -0.0800. The molecule has 0 unspecified atom stereocenters. The molecule has 0 saturated carbocycles. The van der Waals surface area contributed by atoms with Crippen LogP contribution in [0, 0.1) is 0 Å². The molecule has 0 rings (SSSR count). The van der Waals surface area contributed by atoms with Crippen molar-refractivity contribution in [2.75, 3.05) is 20.1 Å². The van der Waals surface area contributed by atoms with E-state index in [-0.39, 0.29) is 0 Å². The Morgan fingerprint density at radius 3 is 2.20 bits per heavy atom. The molecule has 0 spiro atoms. The molecular formula is C8H20N2. The monoisotopic (exact) mass is 144 g/mol. The zero-order valence-corrected chi connectivity index (χ0v) is 7.65. The lowest BCUT2D eigenvalue weighted by Crippen LogP contribution is -2.42. The molecule has 0 saturated heterocycles. The summed E-state index contributed by atoms with van der Waals surface area (Å²) >= 11 is 0. The van der Waals surface area contributed by atoms with Gasteiger partial charge >= 0.3 is 0 Å². The summed E-state index contributed by atoms with van der Waals surface area (Å²) in [4.78, 5) is 2.30. The Balaban J connectivity index is 3.78. The molecule has 0 aliphatic heterocycles. The summed E-state index contributed by atoms with van der Waals surface area (Å²) in [6.07, 6.45) is 1.17. The molecule has 0 aromatic carbocycles. The van der Waals surface area contributed by atoms with Crippen LogP contribution in [0.1, 0.15) is 27.2 Å². The maximum atomic E-state index is 5.44. The van der Waals surface area contributed by atoms with Crippen molar-refractivity contribution < 1.29 is 0 Å². The van der Waals surface area contributed by atoms with Gasteiger partial charge in [-0.05, 0) is 27.3 Å². The molecule has 0 atom stereocenters. The van der Waals surface area contributed by atoms with Crippen molar-refractivity contribution in [3.63, 3.8) is 0 Å². The van der Waals surface area contributed by atoms with Crippen LogP contribution in [0.4, 0.5) is 0 Å². The molecule has 2 N–H and O–H groups in total. The van der Waals surface area contributed by atoms with Crippen molar-refractivity contribution >= 4 is 0 Å². The summed E-state index contributed by atoms with van der Waals surface area (Å²) in [6.45, 7) is 8.42. The molecule has 0 aliphatic carbocycles. The van der Waals surface area contributed by atoms with E-state index in [9.17, 15) is 0 Å². The summed E-state index contributed by atoms with van der Waals surface area (Å²) < 4.78 is 0. The normalized spacial score (nSPS) is 12.6. The Kier molecular flexibility index (Phi) is 3.91. The van der Waals surface area contributed by atoms with Crippen molar-refractivity contribution in [3.8, 4) is 0 Å². The average Bonchev–Trinajstić information content (AvgIpc) is 1.89. The van der Waals surface area contributed by atoms with Crippen LogP contribution in [0.5, 0.6) is 0 Å². The summed E-state index contributed by atoms with van der Waals surface area (Å²) in [5.74, 6) is 0. The third-order valence-electron chi connectivity index (χ3n) is 2.36. The summed E-state index contributed by atoms with van der Waals surface area (Å²) in [5.41, 5.74) is 5.74. The summed E-state index contributed by atoms with van der Waals surface area (Å²) in [6, 6.07) is 0. The first-order chi connectivity index (χ1) is 4.54. The predicted octanol–water partition coefficient (Wildman–Crippen LogP) is 1.07. The van der Waals surface area contributed by atoms with Crippen molar-refractivity contribution in [3.05, 3.63) is 0 Å². The average molecular weight is 144 g/mol. The van der Waals surface area contributed by atoms with E-state index in [1.165, 1.54) is 6.42 Å². The number of hydrogen-bond acceptors (Lipinski definition) is 2. The smallest absolute Gasteiger partial charge is 0.0148 e. The van der Waals surface area contributed by atoms with Crippen LogP contribution in [0.2, 0.25) is 0 Å². The largest absolute Gasteiger partial charge is 0.329 e. The number of rotatable bonds is 4. The number of nitrogens with two attached hydrogens (primary N) is 1. The fourth-order valence-electron chi connectivity index (χ4n) is 0.766. The summed E-state index contributed by atoms with van der Waals surface area (Å²) in [5, 5.41) is 0. The van der Waals surface area contributed by atoms with Crippen molar-refractivity contribution in [2.24, 2.45) is 5.73 Å². The van der Waals surface area contributed by atoms with E-state index >= 15 is 0 Å². The zero-order valence-electron chi connectivity index (χ0n) is 7.65. The summed E-state index contributed by atoms with van der Waals surface area (Å²) in [7, 11) is 2.12. The van der Waals surface area contributed by atoms with E-state index in [1.54, 1.807) is 0 Å². The van der Waals surface area contributed by atoms with Gasteiger partial charge in [-0.15, -0.1) is 0 Å². The highest BCUT2D eigenvalue weighted by atomic mass is 15.2. The Labute approximate surface area is 64.4 Å². The number of hydrogen-bond donors (Lipinski definition) is 1. The van der Waals surface area contributed by atoms with Crippen LogP contribution in [0.3, 0.4) is 0 Å². The second-order valence-corrected chi connectivity index (χ2v) is 3.38. The standard InChI is InChI=1S/C8H20N2/c1-5-8(2,3)10(4)7-6-9/h5-7,9H2,1-4H3. The number of likely N-dealkylation sites (N-methyl/N-ethyl adjacent to an activating group) is 1. The molecule has 0 aliphatic rings. The topological polar surface area (TPSA) is 29.3 Å². The van der Waals surface area contributed by atoms with E-state index in [0.29, 0.717) is 5.54 Å². The SMILES string of the molecule is CCC(C)(C)N(C)CCN. The molecule has 62 valence electrons. The van der Waals surface area contributed by atoms with Gasteiger partial charge in [-0.25, -0.2) is 0 Å². The molecule has 0 amide bonds. The molecule has 10 heavy (non-hydrogen) atoms. The van der Waals surface area contributed by atoms with Gasteiger partial charge in [-0.3, -0.25) is 0 Å². The molecule has 2 nitrogen and oxygen atoms in total. The fourth-order valence-corrected chi connectivity index (χ4v) is 0.766. The van der Waals surface area contributed by atoms with Crippen LogP contribution in [0.25, 0.3) is 0 Å². The van der Waals surface area contributed by atoms with E-state index in [1.807, 2.05) is 0 Å². The molecule has 0 radical (unpaired) electrons. The highest BCUT2D eigenvalue weighted by molar-refractivity contribution is 4.76. The molecule has 0 bridgehead atoms. The van der Waals surface area contributed by atoms with Gasteiger partial charge in [0.15, 0.2) is 0 Å². The van der Waals surface area contributed by atoms with Crippen molar-refractivity contribution in [2.45, 2.75) is 32.7 Å². The van der Waals surface area contributed by atoms with Crippen LogP contribution < -0.4 is 5.73 Å². The Morgan fingerprint density at radius 1 is 1.40 bits per heavy atom. The maximum absolute atomic E-state index is 5.44. The minimum absolute atomic E-state index is 0.305. The van der Waals surface area contributed by atoms with Crippen LogP contribution >= 0.6 is 0 Å². The third kappa shape index (κ3) is 2.67. The molecule has 2 heteroatoms. The first kappa shape index (κ1) is 9.92. The van der Waals surface area contributed by atoms with Gasteiger partial charge in [0.25, 0.3) is 0 Å². The Bertz CT molecular complexity index is 89.3. The maximum Gasteiger partial charge on any atom is 0.0148 e. The Morgan fingerprint density at radius 2 is 1.90 bits per heavy atom. The second kappa shape index (κ2) is 3.94. The molecule has 0 aromatic rings. The molecule has 0 heterocycles. The van der Waals surface area contributed by atoms with E-state index in [2.05, 4.69) is 32.7 Å². The highest BCUT2D eigenvalue weighted by Crippen LogP contribution is 2.14. The minimum atomic E-state index is 0.305. The van der Waals surface area contributed by atoms with Crippen LogP contribution in [-0.2, 0) is 0 Å². The van der Waals surface area contributed by atoms with Crippen molar-refractivity contribution in [1.82, 2.24) is 4.90 Å². The number of nitrogens with zero attached hydrogens (tertiary/aromatic N) is 1. The third-order valence-corrected chi connectivity index (χ3v) is 2.36. The van der Waals surface area contributed by atoms with Crippen LogP contribution in [0.15, 0.2) is 0 Å². The van der Waals surface area contributed by atoms with E-state index in [4.69, 9.17) is 5.73 Å². The van der Waals surface area contributed by atoms with E-state index in [0.717, 1.165) is 13.1 Å². The lowest BCUT2D eigenvalue weighted by Gasteiger charge is -2.34. The minimum Gasteiger partial charge on any atom is -0.329 e.